The third-order valence-corrected chi connectivity index (χ3v) is 18.3. The van der Waals surface area contributed by atoms with Gasteiger partial charge < -0.3 is 95.6 Å². The summed E-state index contributed by atoms with van der Waals surface area (Å²) in [6.45, 7) is 6.36. The van der Waals surface area contributed by atoms with Crippen LogP contribution in [0, 0.1) is 5.92 Å². The Kier molecular flexibility index (Phi) is 37.5. The maximum Gasteiger partial charge on any atom is 0.327 e. The van der Waals surface area contributed by atoms with Crippen LogP contribution in [0.4, 0.5) is 0 Å². The molecule has 0 bridgehead atoms. The molecule has 0 aliphatic heterocycles. The van der Waals surface area contributed by atoms with E-state index in [9.17, 15) is 63.3 Å². The second-order valence-electron chi connectivity index (χ2n) is 27.0. The number of para-hydroxylation sites is 1. The first-order valence-corrected chi connectivity index (χ1v) is 37.2. The minimum absolute atomic E-state index is 0.0309. The summed E-state index contributed by atoms with van der Waals surface area (Å²) in [7, 11) is 1.25. The highest BCUT2D eigenvalue weighted by atomic mass is 32.1. The summed E-state index contributed by atoms with van der Waals surface area (Å²) in [5.74, 6) is -12.8. The number of nitrogens with one attached hydrogen (secondary N) is 11. The average molecular weight is 1540 g/mol. The largest absolute Gasteiger partial charge is 0.480 e. The summed E-state index contributed by atoms with van der Waals surface area (Å²) >= 11 is 8.14. The van der Waals surface area contributed by atoms with Crippen molar-refractivity contribution in [2.75, 3.05) is 31.6 Å². The molecule has 1 heterocycles. The van der Waals surface area contributed by atoms with Crippen LogP contribution in [-0.2, 0) is 88.0 Å². The van der Waals surface area contributed by atoms with Gasteiger partial charge in [0.25, 0.3) is 0 Å². The Balaban J connectivity index is 1.49. The Hall–Kier alpha value is -9.93. The van der Waals surface area contributed by atoms with Gasteiger partial charge in [-0.3, -0.25) is 57.5 Å². The van der Waals surface area contributed by atoms with Gasteiger partial charge in [0.05, 0.1) is 18.6 Å². The van der Waals surface area contributed by atoms with Gasteiger partial charge in [-0.2, -0.15) is 25.3 Å². The number of aliphatic carboxylic acids is 1. The van der Waals surface area contributed by atoms with Crippen molar-refractivity contribution in [1.29, 1.82) is 0 Å². The number of fused-ring (bicyclic) bond motifs is 1. The molecule has 5 rings (SSSR count). The molecular weight excluding hydrogens is 1430 g/mol. The third kappa shape index (κ3) is 29.0. The third-order valence-electron chi connectivity index (χ3n) is 17.8. The van der Waals surface area contributed by atoms with E-state index in [0.717, 1.165) is 4.90 Å². The maximum atomic E-state index is 15.3. The van der Waals surface area contributed by atoms with E-state index >= 15 is 14.4 Å². The minimum atomic E-state index is -1.86. The molecule has 108 heavy (non-hydrogen) atoms. The number of carbonyl (C=O) groups is 13. The van der Waals surface area contributed by atoms with E-state index in [1.165, 1.54) is 20.9 Å². The van der Waals surface area contributed by atoms with Gasteiger partial charge in [0.2, 0.25) is 70.9 Å². The number of hydrogen-bond acceptors (Lipinski definition) is 19. The van der Waals surface area contributed by atoms with E-state index in [4.69, 9.17) is 17.2 Å². The number of thiol groups is 2. The molecule has 0 spiro atoms. The number of rotatable bonds is 47. The molecule has 13 atom stereocenters. The van der Waals surface area contributed by atoms with Crippen LogP contribution in [0.1, 0.15) is 108 Å². The SMILES string of the molecule is CC(C)C[C@@H](C(=O)N[C@@H](CS)C(=O)O)N(C)C(=O)[C@@H](NC(=O)[C@H](Cc1ccccc1)NC(=O)[C@@H](NC(=O)[C@H](CCCCN)NC(=O)[C@@H](Cc1c[nH]c2ccccc12)NC(=O)[C@H](Cc1ccccc1)NC(=O)[C@H](Cc1ccccc1)NC(=O)[C@H](CC(N)=O)NC(=O)[C@H](CCCCN)NC(=O)CCS)[C@@H](C)O)[C@@H](C)O. The number of carboxylic acid groups (broad SMARTS) is 1. The number of aromatic nitrogens is 1. The minimum Gasteiger partial charge on any atom is -0.480 e. The zero-order chi connectivity index (χ0) is 79.6. The predicted molar refractivity (Wildman–Crippen MR) is 411 cm³/mol. The summed E-state index contributed by atoms with van der Waals surface area (Å²) in [6, 6.07) is 15.4. The molecule has 0 fully saturated rings. The van der Waals surface area contributed by atoms with Crippen LogP contribution in [0.2, 0.25) is 0 Å². The number of primary amides is 1. The number of hydrogen-bond donors (Lipinski definition) is 19. The Labute approximate surface area is 638 Å². The first-order chi connectivity index (χ1) is 51.5. The normalized spacial score (nSPS) is 14.9. The van der Waals surface area contributed by atoms with Crippen LogP contribution in [-0.4, -0.2) is 212 Å². The molecule has 0 radical (unpaired) electrons. The summed E-state index contributed by atoms with van der Waals surface area (Å²) in [6.07, 6.45) is -1.89. The number of aliphatic hydroxyl groups is 2. The molecular formula is C75H105N15O16S2. The first-order valence-electron chi connectivity index (χ1n) is 35.9. The Morgan fingerprint density at radius 2 is 0.852 bits per heavy atom. The Morgan fingerprint density at radius 1 is 0.463 bits per heavy atom. The second-order valence-corrected chi connectivity index (χ2v) is 27.8. The highest BCUT2D eigenvalue weighted by Crippen LogP contribution is 2.21. The molecule has 0 aliphatic carbocycles. The van der Waals surface area contributed by atoms with Gasteiger partial charge in [-0.1, -0.05) is 123 Å². The quantitative estimate of drug-likeness (QED) is 0.0171. The van der Waals surface area contributed by atoms with E-state index < -0.39 is 162 Å². The number of H-pyrrole nitrogens is 1. The van der Waals surface area contributed by atoms with Crippen molar-refractivity contribution in [2.45, 2.75) is 190 Å². The zero-order valence-electron chi connectivity index (χ0n) is 61.4. The van der Waals surface area contributed by atoms with Gasteiger partial charge >= 0.3 is 5.97 Å². The van der Waals surface area contributed by atoms with Crippen LogP contribution < -0.4 is 70.4 Å². The monoisotopic (exact) mass is 1540 g/mol. The average Bonchev–Trinajstić information content (AvgIpc) is 1.31. The van der Waals surface area contributed by atoms with Crippen molar-refractivity contribution in [3.8, 4) is 0 Å². The first kappa shape index (κ1) is 88.7. The Morgan fingerprint density at radius 3 is 1.30 bits per heavy atom. The molecule has 5 aromatic rings. The second kappa shape index (κ2) is 45.7. The van der Waals surface area contributed by atoms with Gasteiger partial charge in [0, 0.05) is 62.0 Å². The molecule has 0 saturated heterocycles. The van der Waals surface area contributed by atoms with Gasteiger partial charge in [-0.25, -0.2) is 4.79 Å². The van der Waals surface area contributed by atoms with Crippen molar-refractivity contribution in [2.24, 2.45) is 23.1 Å². The van der Waals surface area contributed by atoms with Crippen molar-refractivity contribution in [3.05, 3.63) is 144 Å². The predicted octanol–water partition coefficient (Wildman–Crippen LogP) is -0.611. The number of benzene rings is 4. The standard InChI is InChI=1S/C75H105N15O16S2/c1-43(2)35-60(72(102)87-59(42-108)75(105)106)90(5)74(104)64(45(4)92)89-71(101)56(38-48-25-13-8-14-26-48)86-73(103)63(44(3)91)88-66(96)53(30-18-20-33-77)81-69(99)57(39-49-41-79-51-28-16-15-27-50(49)51)84-68(98)55(37-47-23-11-7-12-24-47)82-67(97)54(36-46-21-9-6-10-22-46)83-70(100)58(40-61(78)93)85-65(95)52(29-17-19-32-76)80-62(94)31-34-107/h6-16,21-28,41,43-45,52-60,63-64,79,91-92,107-108H,17-20,29-40,42,76-77H2,1-5H3,(H2,78,93)(H,80,94)(H,81,99)(H,82,97)(H,83,100)(H,84,98)(H,85,95)(H,86,103)(H,87,102)(H,88,96)(H,89,101)(H,105,106)/t44-,45-,52+,53+,54+,55+,56+,57-,58+,59+,60+,63+,64+/m1/s1. The molecule has 1 aromatic heterocycles. The number of carbonyl (C=O) groups excluding carboxylic acids is 12. The molecule has 0 unspecified atom stereocenters. The number of aliphatic hydroxyl groups excluding tert-OH is 2. The van der Waals surface area contributed by atoms with Crippen molar-refractivity contribution < 1.29 is 77.6 Å². The van der Waals surface area contributed by atoms with Gasteiger partial charge in [0.1, 0.15) is 66.5 Å². The van der Waals surface area contributed by atoms with E-state index in [1.54, 1.807) is 135 Å². The fraction of sp³-hybridized carbons (Fsp3) is 0.480. The molecule has 588 valence electrons. The van der Waals surface area contributed by atoms with Gasteiger partial charge in [-0.15, -0.1) is 0 Å². The molecule has 33 heteroatoms. The Bertz CT molecular complexity index is 3800. The summed E-state index contributed by atoms with van der Waals surface area (Å²) < 4.78 is 0. The highest BCUT2D eigenvalue weighted by molar-refractivity contribution is 7.80. The molecule has 31 nitrogen and oxygen atoms in total. The summed E-state index contributed by atoms with van der Waals surface area (Å²) in [4.78, 5) is 187. The maximum absolute atomic E-state index is 15.3. The van der Waals surface area contributed by atoms with Crippen molar-refractivity contribution in [1.82, 2.24) is 63.1 Å². The lowest BCUT2D eigenvalue weighted by Gasteiger charge is -2.34. The van der Waals surface area contributed by atoms with E-state index in [2.05, 4.69) is 83.4 Å². The van der Waals surface area contributed by atoms with Crippen LogP contribution in [0.5, 0.6) is 0 Å². The van der Waals surface area contributed by atoms with Gasteiger partial charge in [-0.05, 0) is 112 Å². The molecule has 20 N–H and O–H groups in total. The van der Waals surface area contributed by atoms with E-state index in [-0.39, 0.29) is 81.8 Å². The van der Waals surface area contributed by atoms with E-state index in [1.807, 2.05) is 0 Å². The number of aromatic amines is 1. The fourth-order valence-electron chi connectivity index (χ4n) is 11.8. The van der Waals surface area contributed by atoms with Gasteiger partial charge in [0.15, 0.2) is 0 Å². The summed E-state index contributed by atoms with van der Waals surface area (Å²) in [5, 5.41) is 58.8. The molecule has 4 aromatic carbocycles. The van der Waals surface area contributed by atoms with E-state index in [0.29, 0.717) is 59.0 Å². The van der Waals surface area contributed by atoms with Crippen LogP contribution >= 0.6 is 25.3 Å². The topological polar surface area (TPSA) is 500 Å². The fourth-order valence-corrected chi connectivity index (χ4v) is 12.3. The molecule has 0 saturated carbocycles. The number of nitrogens with zero attached hydrogens (tertiary/aromatic N) is 1. The number of unbranched alkanes of at least 4 members (excludes halogenated alkanes) is 2. The smallest absolute Gasteiger partial charge is 0.327 e. The summed E-state index contributed by atoms with van der Waals surface area (Å²) in [5.41, 5.74) is 20.0. The lowest BCUT2D eigenvalue weighted by molar-refractivity contribution is -0.146. The lowest BCUT2D eigenvalue weighted by atomic mass is 9.99. The van der Waals surface area contributed by atoms with Crippen molar-refractivity contribution >= 4 is 113 Å². The van der Waals surface area contributed by atoms with Crippen molar-refractivity contribution in [3.63, 3.8) is 0 Å². The highest BCUT2D eigenvalue weighted by Gasteiger charge is 2.40. The number of amides is 12. The number of carboxylic acids is 1. The number of nitrogens with two attached hydrogens (primary N) is 3. The molecule has 12 amide bonds. The van der Waals surface area contributed by atoms with Crippen LogP contribution in [0.3, 0.4) is 0 Å². The zero-order valence-corrected chi connectivity index (χ0v) is 63.2. The van der Waals surface area contributed by atoms with Crippen LogP contribution in [0.25, 0.3) is 10.9 Å². The van der Waals surface area contributed by atoms with Crippen LogP contribution in [0.15, 0.2) is 121 Å². The molecule has 0 aliphatic rings. The number of likely N-dealkylation sites (N-methyl/N-ethyl adjacent to an activating group) is 1. The lowest BCUT2D eigenvalue weighted by Crippen LogP contribution is -2.63.